The van der Waals surface area contributed by atoms with Crippen LogP contribution in [-0.2, 0) is 61.9 Å². The number of hydrazone groups is 1. The molecule has 1 heterocycles. The molecule has 0 aliphatic heterocycles. The summed E-state index contributed by atoms with van der Waals surface area (Å²) in [6, 6.07) is 18.3. The van der Waals surface area contributed by atoms with Crippen molar-refractivity contribution in [1.29, 1.82) is 0 Å². The first-order valence-electron chi connectivity index (χ1n) is 24.8. The van der Waals surface area contributed by atoms with Crippen molar-refractivity contribution in [1.82, 2.24) is 4.98 Å². The zero-order chi connectivity index (χ0) is 55.2. The van der Waals surface area contributed by atoms with E-state index in [1.165, 1.54) is 54.0 Å². The van der Waals surface area contributed by atoms with E-state index < -0.39 is 48.0 Å². The molecule has 1 aromatic heterocycles. The fourth-order valence-corrected chi connectivity index (χ4v) is 7.88. The van der Waals surface area contributed by atoms with Gasteiger partial charge < -0.3 is 47.4 Å². The Morgan fingerprint density at radius 1 is 0.662 bits per heavy atom. The normalized spacial score (nSPS) is 14.2. The lowest BCUT2D eigenvalue weighted by Gasteiger charge is -2.19. The van der Waals surface area contributed by atoms with E-state index in [9.17, 15) is 33.6 Å². The number of para-hydroxylation sites is 1. The average molecular weight is 1080 g/mol. The second-order valence-corrected chi connectivity index (χ2v) is 18.0. The Hall–Kier alpha value is -8.01. The van der Waals surface area contributed by atoms with E-state index in [2.05, 4.69) is 41.8 Å². The first-order chi connectivity index (χ1) is 37.4. The van der Waals surface area contributed by atoms with Crippen LogP contribution in [-0.4, -0.2) is 124 Å². The molecule has 4 aromatic rings. The minimum absolute atomic E-state index is 0.00260. The molecular weight excluding hydrogens is 1020 g/mol. The molecule has 1 fully saturated rings. The summed E-state index contributed by atoms with van der Waals surface area (Å²) in [5, 5.41) is 4.89. The number of fused-ring (bicyclic) bond motifs is 1. The highest BCUT2D eigenvalue weighted by Gasteiger charge is 2.40. The topological polar surface area (TPSA) is 249 Å². The Balaban J connectivity index is 1.22. The predicted octanol–water partition coefficient (Wildman–Crippen LogP) is 7.89. The number of hydrogen-bond acceptors (Lipinski definition) is 21. The molecule has 4 unspecified atom stereocenters. The van der Waals surface area contributed by atoms with Gasteiger partial charge in [0.05, 0.1) is 54.7 Å². The van der Waals surface area contributed by atoms with Crippen molar-refractivity contribution in [3.63, 3.8) is 0 Å². The molecule has 1 aliphatic rings. The van der Waals surface area contributed by atoms with Gasteiger partial charge in [0.25, 0.3) is 0 Å². The van der Waals surface area contributed by atoms with E-state index in [1.54, 1.807) is 12.1 Å². The van der Waals surface area contributed by atoms with Gasteiger partial charge in [-0.05, 0) is 98.7 Å². The average Bonchev–Trinajstić information content (AvgIpc) is 4.10. The third-order valence-corrected chi connectivity index (χ3v) is 12.1. The lowest BCUT2D eigenvalue weighted by Crippen LogP contribution is -2.30. The lowest BCUT2D eigenvalue weighted by atomic mass is 10.1. The number of thiazole rings is 1. The summed E-state index contributed by atoms with van der Waals surface area (Å²) in [6.45, 7) is 13.7. The number of aromatic nitrogens is 1. The number of esters is 6. The molecule has 3 aromatic carbocycles. The SMILES string of the molecule is C=CC(=O)OCCCCOCC(COc1ccc(C(=O)Oc2ccc(OCC(COCCCCC3CC3C(=O)C=C)OC(=O)CCOC(=O)C=C)cc2/C=N/Nc2nc3ccccc3s2)cc1)OC(=O)CCOC(=O)C=C. The van der Waals surface area contributed by atoms with E-state index in [0.29, 0.717) is 47.6 Å². The maximum Gasteiger partial charge on any atom is 0.343 e. The molecule has 0 radical (unpaired) electrons. The number of carbonyl (C=O) groups excluding carboxylic acids is 7. The number of ketones is 1. The number of carbonyl (C=O) groups is 7. The maximum atomic E-state index is 13.6. The van der Waals surface area contributed by atoms with Gasteiger partial charge in [0.2, 0.25) is 5.13 Å². The Bertz CT molecular complexity index is 2650. The van der Waals surface area contributed by atoms with Crippen molar-refractivity contribution in [3.8, 4) is 17.2 Å². The molecular formula is C56H63N3O17S. The summed E-state index contributed by atoms with van der Waals surface area (Å²) in [5.41, 5.74) is 4.20. The van der Waals surface area contributed by atoms with Crippen LogP contribution >= 0.6 is 11.3 Å². The largest absolute Gasteiger partial charge is 0.490 e. The molecule has 0 saturated heterocycles. The van der Waals surface area contributed by atoms with E-state index in [-0.39, 0.29) is 88.7 Å². The first-order valence-corrected chi connectivity index (χ1v) is 25.6. The molecule has 1 saturated carbocycles. The number of nitrogens with zero attached hydrogens (tertiary/aromatic N) is 2. The summed E-state index contributed by atoms with van der Waals surface area (Å²) >= 11 is 1.39. The molecule has 0 spiro atoms. The molecule has 1 N–H and O–H groups in total. The van der Waals surface area contributed by atoms with E-state index in [0.717, 1.165) is 54.1 Å². The molecule has 21 heteroatoms. The second-order valence-electron chi connectivity index (χ2n) is 17.0. The van der Waals surface area contributed by atoms with Crippen molar-refractivity contribution in [3.05, 3.63) is 128 Å². The van der Waals surface area contributed by atoms with Gasteiger partial charge in [0.1, 0.15) is 43.7 Å². The third kappa shape index (κ3) is 22.4. The highest BCUT2D eigenvalue weighted by atomic mass is 32.1. The van der Waals surface area contributed by atoms with Crippen LogP contribution in [0.25, 0.3) is 10.2 Å². The highest BCUT2D eigenvalue weighted by Crippen LogP contribution is 2.43. The van der Waals surface area contributed by atoms with Gasteiger partial charge in [-0.25, -0.2) is 24.2 Å². The van der Waals surface area contributed by atoms with Crippen LogP contribution in [0.2, 0.25) is 0 Å². The fourth-order valence-electron chi connectivity index (χ4n) is 7.07. The van der Waals surface area contributed by atoms with Gasteiger partial charge in [-0.3, -0.25) is 19.8 Å². The smallest absolute Gasteiger partial charge is 0.343 e. The van der Waals surface area contributed by atoms with Gasteiger partial charge in [-0.2, -0.15) is 5.10 Å². The zero-order valence-electron chi connectivity index (χ0n) is 42.6. The quantitative estimate of drug-likeness (QED) is 0.00852. The van der Waals surface area contributed by atoms with Crippen LogP contribution in [0.3, 0.4) is 0 Å². The van der Waals surface area contributed by atoms with Crippen LogP contribution in [0.4, 0.5) is 5.13 Å². The number of hydrogen-bond donors (Lipinski definition) is 1. The Morgan fingerprint density at radius 3 is 1.84 bits per heavy atom. The van der Waals surface area contributed by atoms with Crippen molar-refractivity contribution in [2.24, 2.45) is 16.9 Å². The summed E-state index contributed by atoms with van der Waals surface area (Å²) < 4.78 is 56.5. The monoisotopic (exact) mass is 1080 g/mol. The molecule has 0 amide bonds. The Morgan fingerprint density at radius 2 is 1.23 bits per heavy atom. The van der Waals surface area contributed by atoms with Crippen molar-refractivity contribution in [2.45, 2.75) is 63.6 Å². The van der Waals surface area contributed by atoms with Gasteiger partial charge >= 0.3 is 35.8 Å². The summed E-state index contributed by atoms with van der Waals surface area (Å²) in [6.07, 6.45) is 8.13. The van der Waals surface area contributed by atoms with Crippen LogP contribution in [0.5, 0.6) is 17.2 Å². The minimum Gasteiger partial charge on any atom is -0.490 e. The van der Waals surface area contributed by atoms with Crippen molar-refractivity contribution < 1.29 is 80.9 Å². The maximum absolute atomic E-state index is 13.6. The highest BCUT2D eigenvalue weighted by molar-refractivity contribution is 7.22. The first kappa shape index (κ1) is 59.9. The number of anilines is 1. The zero-order valence-corrected chi connectivity index (χ0v) is 43.5. The van der Waals surface area contributed by atoms with Gasteiger partial charge in [0, 0.05) is 42.9 Å². The molecule has 20 nitrogen and oxygen atoms in total. The molecule has 1 aliphatic carbocycles. The Kier molecular flexibility index (Phi) is 25.7. The molecule has 77 heavy (non-hydrogen) atoms. The van der Waals surface area contributed by atoms with Crippen molar-refractivity contribution in [2.75, 3.05) is 64.9 Å². The third-order valence-electron chi connectivity index (χ3n) is 11.1. The fraction of sp³-hybridized carbons (Fsp3) is 0.375. The van der Waals surface area contributed by atoms with Crippen LogP contribution in [0.15, 0.2) is 122 Å². The van der Waals surface area contributed by atoms with E-state index in [1.807, 2.05) is 24.3 Å². The molecule has 5 rings (SSSR count). The van der Waals surface area contributed by atoms with E-state index >= 15 is 0 Å². The number of nitrogens with one attached hydrogen (secondary N) is 1. The molecule has 4 atom stereocenters. The summed E-state index contributed by atoms with van der Waals surface area (Å²) in [4.78, 5) is 89.7. The molecule has 410 valence electrons. The molecule has 0 bridgehead atoms. The number of unbranched alkanes of at least 4 members (excludes halogenated alkanes) is 2. The number of ether oxygens (including phenoxy) is 10. The van der Waals surface area contributed by atoms with Gasteiger partial charge in [-0.15, -0.1) is 0 Å². The summed E-state index contributed by atoms with van der Waals surface area (Å²) in [5.74, 6) is -2.65. The van der Waals surface area contributed by atoms with Crippen LogP contribution in [0.1, 0.15) is 67.3 Å². The van der Waals surface area contributed by atoms with Crippen LogP contribution < -0.4 is 19.6 Å². The van der Waals surface area contributed by atoms with E-state index in [4.69, 9.17) is 47.4 Å². The number of rotatable bonds is 38. The number of allylic oxidation sites excluding steroid dienone is 1. The second kappa shape index (κ2) is 33.1. The van der Waals surface area contributed by atoms with Gasteiger partial charge in [-0.1, -0.05) is 56.2 Å². The summed E-state index contributed by atoms with van der Waals surface area (Å²) in [7, 11) is 0. The lowest BCUT2D eigenvalue weighted by molar-refractivity contribution is -0.157. The Labute approximate surface area is 450 Å². The predicted molar refractivity (Wildman–Crippen MR) is 284 cm³/mol. The van der Waals surface area contributed by atoms with Gasteiger partial charge in [0.15, 0.2) is 18.0 Å². The minimum atomic E-state index is -0.870. The number of benzene rings is 3. The van der Waals surface area contributed by atoms with Crippen LogP contribution in [0, 0.1) is 11.8 Å². The van der Waals surface area contributed by atoms with Crippen molar-refractivity contribution >= 4 is 74.5 Å². The standard InChI is InChI=1S/C56H63N3O17S/c1-5-47(60)45-32-39(45)15-11-12-26-67-35-44(75-54(65)25-30-71-52(63)8-4)37-73-42-22-23-48(40(31-42)33-57-59-56-58-46-16-9-10-17-49(46)77-56)76-55(66)38-18-20-41(21-19-38)72-36-43(74-53(64)24-29-70-51(62)7-3)34-68-27-13-14-28-69-50(61)6-2/h5-10,16-23,31,33,39,43-45H,1-4,11-15,24-30,32,34-37H2,(H,58,59)/b57-33+.